The van der Waals surface area contributed by atoms with Crippen LogP contribution in [0.4, 0.5) is 0 Å². The summed E-state index contributed by atoms with van der Waals surface area (Å²) in [6, 6.07) is 16.7. The molecular formula is C17H13N5O2. The van der Waals surface area contributed by atoms with E-state index in [4.69, 9.17) is 0 Å². The summed E-state index contributed by atoms with van der Waals surface area (Å²) in [6.45, 7) is 0.351. The van der Waals surface area contributed by atoms with Gasteiger partial charge in [0.25, 0.3) is 11.5 Å². The molecule has 0 spiro atoms. The zero-order chi connectivity index (χ0) is 16.5. The maximum Gasteiger partial charge on any atom is 0.277 e. The maximum atomic E-state index is 12.4. The van der Waals surface area contributed by atoms with Crippen molar-refractivity contribution >= 4 is 22.5 Å². The third-order valence-corrected chi connectivity index (χ3v) is 3.78. The molecule has 118 valence electrons. The van der Waals surface area contributed by atoms with Crippen LogP contribution in [0.3, 0.4) is 0 Å². The molecule has 0 radical (unpaired) electrons. The fraction of sp³-hybridized carbons (Fsp3) is 0.0588. The van der Waals surface area contributed by atoms with Crippen LogP contribution in [0.15, 0.2) is 59.4 Å². The van der Waals surface area contributed by atoms with Gasteiger partial charge in [-0.2, -0.15) is 0 Å². The molecule has 7 nitrogen and oxygen atoms in total. The van der Waals surface area contributed by atoms with E-state index in [9.17, 15) is 9.59 Å². The molecule has 0 aliphatic heterocycles. The molecule has 0 aliphatic rings. The predicted octanol–water partition coefficient (Wildman–Crippen LogP) is 1.50. The number of hydrogen-bond donors (Lipinski definition) is 2. The maximum absolute atomic E-state index is 12.4. The Labute approximate surface area is 135 Å². The van der Waals surface area contributed by atoms with Gasteiger partial charge in [-0.1, -0.05) is 47.7 Å². The van der Waals surface area contributed by atoms with Gasteiger partial charge < -0.3 is 10.3 Å². The third-order valence-electron chi connectivity index (χ3n) is 3.78. The third kappa shape index (κ3) is 2.32. The number of H-pyrrole nitrogens is 1. The molecule has 0 bridgehead atoms. The molecule has 0 saturated carbocycles. The largest absolute Gasteiger partial charge is 0.346 e. The number of aromatic nitrogens is 4. The van der Waals surface area contributed by atoms with Crippen molar-refractivity contribution < 1.29 is 4.79 Å². The quantitative estimate of drug-likeness (QED) is 0.598. The van der Waals surface area contributed by atoms with Gasteiger partial charge in [-0.3, -0.25) is 9.59 Å². The Morgan fingerprint density at radius 1 is 1.08 bits per heavy atom. The number of rotatable bonds is 3. The van der Waals surface area contributed by atoms with E-state index in [0.717, 1.165) is 5.56 Å². The van der Waals surface area contributed by atoms with Crippen LogP contribution in [-0.4, -0.2) is 25.7 Å². The monoisotopic (exact) mass is 319 g/mol. The van der Waals surface area contributed by atoms with Crippen LogP contribution < -0.4 is 10.9 Å². The van der Waals surface area contributed by atoms with Crippen LogP contribution in [0.2, 0.25) is 0 Å². The summed E-state index contributed by atoms with van der Waals surface area (Å²) in [6.07, 6.45) is 0. The van der Waals surface area contributed by atoms with E-state index in [1.54, 1.807) is 12.1 Å². The Morgan fingerprint density at radius 3 is 2.67 bits per heavy atom. The van der Waals surface area contributed by atoms with Crippen molar-refractivity contribution in [3.63, 3.8) is 0 Å². The highest BCUT2D eigenvalue weighted by Gasteiger charge is 2.19. The number of benzene rings is 2. The number of amides is 1. The first-order valence-electron chi connectivity index (χ1n) is 7.42. The van der Waals surface area contributed by atoms with Gasteiger partial charge in [-0.25, -0.2) is 4.52 Å². The molecule has 0 aliphatic carbocycles. The minimum Gasteiger partial charge on any atom is -0.346 e. The molecule has 0 atom stereocenters. The molecule has 4 aromatic rings. The van der Waals surface area contributed by atoms with Gasteiger partial charge in [-0.15, -0.1) is 5.10 Å². The molecule has 0 saturated heterocycles. The number of aromatic amines is 1. The molecule has 2 aromatic heterocycles. The van der Waals surface area contributed by atoms with Crippen LogP contribution in [0.5, 0.6) is 0 Å². The minimum absolute atomic E-state index is 0.0120. The Morgan fingerprint density at radius 2 is 1.83 bits per heavy atom. The number of carbonyl (C=O) groups is 1. The van der Waals surface area contributed by atoms with E-state index in [0.29, 0.717) is 17.6 Å². The first-order chi connectivity index (χ1) is 11.7. The summed E-state index contributed by atoms with van der Waals surface area (Å²) < 4.78 is 1.39. The highest BCUT2D eigenvalue weighted by atomic mass is 16.2. The van der Waals surface area contributed by atoms with Crippen molar-refractivity contribution in [3.8, 4) is 0 Å². The first-order valence-corrected chi connectivity index (χ1v) is 7.42. The lowest BCUT2D eigenvalue weighted by molar-refractivity contribution is 0.0947. The lowest BCUT2D eigenvalue weighted by atomic mass is 10.2. The summed E-state index contributed by atoms with van der Waals surface area (Å²) >= 11 is 0. The van der Waals surface area contributed by atoms with Crippen LogP contribution >= 0.6 is 0 Å². The molecule has 1 amide bonds. The number of fused-ring (bicyclic) bond motifs is 3. The van der Waals surface area contributed by atoms with Crippen molar-refractivity contribution in [3.05, 3.63) is 76.2 Å². The SMILES string of the molecule is O=C(NCc1ccccc1)c1nnn2c1c(=O)[nH]c1ccccc12. The van der Waals surface area contributed by atoms with Crippen LogP contribution in [0.25, 0.3) is 16.6 Å². The fourth-order valence-electron chi connectivity index (χ4n) is 2.61. The number of nitrogens with zero attached hydrogens (tertiary/aromatic N) is 3. The molecule has 4 rings (SSSR count). The standard InChI is InChI=1S/C17H13N5O2/c23-16(18-10-11-6-2-1-3-7-11)14-15-17(24)19-12-8-4-5-9-13(12)22(15)21-20-14/h1-9H,10H2,(H,18,23)(H,19,24). The second kappa shape index (κ2) is 5.62. The smallest absolute Gasteiger partial charge is 0.277 e. The Kier molecular flexibility index (Phi) is 3.31. The van der Waals surface area contributed by atoms with Gasteiger partial charge in [0.1, 0.15) is 0 Å². The van der Waals surface area contributed by atoms with Crippen LogP contribution in [0.1, 0.15) is 16.1 Å². The lowest BCUT2D eigenvalue weighted by Gasteiger charge is -2.03. The Hall–Kier alpha value is -3.48. The van der Waals surface area contributed by atoms with Gasteiger partial charge in [0, 0.05) is 6.54 Å². The van der Waals surface area contributed by atoms with Gasteiger partial charge in [0.15, 0.2) is 11.2 Å². The normalized spacial score (nSPS) is 11.0. The van der Waals surface area contributed by atoms with E-state index in [-0.39, 0.29) is 11.2 Å². The molecule has 2 aromatic carbocycles. The average molecular weight is 319 g/mol. The van der Waals surface area contributed by atoms with Gasteiger partial charge in [0.2, 0.25) is 0 Å². The zero-order valence-corrected chi connectivity index (χ0v) is 12.6. The molecule has 2 N–H and O–H groups in total. The highest BCUT2D eigenvalue weighted by molar-refractivity contribution is 5.99. The fourth-order valence-corrected chi connectivity index (χ4v) is 2.61. The first kappa shape index (κ1) is 14.1. The number of hydrogen-bond acceptors (Lipinski definition) is 4. The van der Waals surface area contributed by atoms with Crippen molar-refractivity contribution in [2.24, 2.45) is 0 Å². The number of para-hydroxylation sites is 2. The second-order valence-corrected chi connectivity index (χ2v) is 5.34. The molecule has 24 heavy (non-hydrogen) atoms. The molecule has 7 heteroatoms. The summed E-state index contributed by atoms with van der Waals surface area (Å²) in [5, 5.41) is 10.6. The Balaban J connectivity index is 1.73. The molecule has 0 fully saturated rings. The van der Waals surface area contributed by atoms with E-state index in [1.807, 2.05) is 42.5 Å². The number of carbonyl (C=O) groups excluding carboxylic acids is 1. The topological polar surface area (TPSA) is 92.2 Å². The van der Waals surface area contributed by atoms with E-state index in [1.165, 1.54) is 4.52 Å². The predicted molar refractivity (Wildman–Crippen MR) is 88.7 cm³/mol. The van der Waals surface area contributed by atoms with Gasteiger partial charge in [0.05, 0.1) is 11.0 Å². The summed E-state index contributed by atoms with van der Waals surface area (Å²) in [4.78, 5) is 27.5. The van der Waals surface area contributed by atoms with Crippen molar-refractivity contribution in [2.45, 2.75) is 6.54 Å². The highest BCUT2D eigenvalue weighted by Crippen LogP contribution is 2.12. The molecule has 0 unspecified atom stereocenters. The van der Waals surface area contributed by atoms with Crippen LogP contribution in [0, 0.1) is 0 Å². The molecular weight excluding hydrogens is 306 g/mol. The molecule has 2 heterocycles. The van der Waals surface area contributed by atoms with E-state index < -0.39 is 11.5 Å². The van der Waals surface area contributed by atoms with Crippen molar-refractivity contribution in [1.29, 1.82) is 0 Å². The van der Waals surface area contributed by atoms with E-state index >= 15 is 0 Å². The average Bonchev–Trinajstić information content (AvgIpc) is 3.07. The van der Waals surface area contributed by atoms with Crippen molar-refractivity contribution in [1.82, 2.24) is 25.1 Å². The van der Waals surface area contributed by atoms with E-state index in [2.05, 4.69) is 20.6 Å². The summed E-state index contributed by atoms with van der Waals surface area (Å²) in [5.74, 6) is -0.436. The van der Waals surface area contributed by atoms with Crippen molar-refractivity contribution in [2.75, 3.05) is 0 Å². The zero-order valence-electron chi connectivity index (χ0n) is 12.6. The summed E-state index contributed by atoms with van der Waals surface area (Å²) in [7, 11) is 0. The van der Waals surface area contributed by atoms with Crippen LogP contribution in [-0.2, 0) is 6.54 Å². The summed E-state index contributed by atoms with van der Waals surface area (Å²) in [5.41, 5.74) is 2.03. The van der Waals surface area contributed by atoms with Gasteiger partial charge in [-0.05, 0) is 17.7 Å². The Bertz CT molecular complexity index is 1100. The number of nitrogens with one attached hydrogen (secondary N) is 2. The minimum atomic E-state index is -0.436. The second-order valence-electron chi connectivity index (χ2n) is 5.34. The lowest BCUT2D eigenvalue weighted by Crippen LogP contribution is -2.25. The van der Waals surface area contributed by atoms with Gasteiger partial charge >= 0.3 is 0 Å².